The molecule has 0 aliphatic carbocycles. The van der Waals surface area contributed by atoms with Crippen molar-refractivity contribution in [2.45, 2.75) is 18.2 Å². The van der Waals surface area contributed by atoms with Gasteiger partial charge < -0.3 is 14.0 Å². The number of aromatic nitrogens is 1. The second-order valence-corrected chi connectivity index (χ2v) is 8.07. The van der Waals surface area contributed by atoms with Crippen LogP contribution in [0.2, 0.25) is 0 Å². The van der Waals surface area contributed by atoms with Crippen molar-refractivity contribution in [3.63, 3.8) is 0 Å². The fourth-order valence-electron chi connectivity index (χ4n) is 3.29. The minimum atomic E-state index is -3.64. The molecule has 0 saturated heterocycles. The summed E-state index contributed by atoms with van der Waals surface area (Å²) in [5.41, 5.74) is 3.44. The van der Waals surface area contributed by atoms with E-state index in [-0.39, 0.29) is 4.90 Å². The number of ether oxygens (including phenoxy) is 2. The second-order valence-electron chi connectivity index (χ2n) is 6.30. The van der Waals surface area contributed by atoms with Gasteiger partial charge in [-0.3, -0.25) is 0 Å². The van der Waals surface area contributed by atoms with Crippen molar-refractivity contribution < 1.29 is 17.9 Å². The zero-order valence-electron chi connectivity index (χ0n) is 15.9. The average Bonchev–Trinajstić information content (AvgIpc) is 2.92. The average molecular weight is 388 g/mol. The summed E-state index contributed by atoms with van der Waals surface area (Å²) in [7, 11) is 1.37. The highest BCUT2D eigenvalue weighted by molar-refractivity contribution is 7.89. The molecule has 0 fully saturated rings. The number of rotatable bonds is 7. The van der Waals surface area contributed by atoms with E-state index in [1.54, 1.807) is 6.07 Å². The van der Waals surface area contributed by atoms with Crippen LogP contribution < -0.4 is 14.2 Å². The molecule has 7 heteroatoms. The molecule has 1 heterocycles. The monoisotopic (exact) mass is 388 g/mol. The van der Waals surface area contributed by atoms with Crippen LogP contribution in [0.1, 0.15) is 11.3 Å². The lowest BCUT2D eigenvalue weighted by molar-refractivity contribution is 0.354. The summed E-state index contributed by atoms with van der Waals surface area (Å²) in [4.78, 5) is 0.148. The summed E-state index contributed by atoms with van der Waals surface area (Å²) in [6.45, 7) is 2.36. The summed E-state index contributed by atoms with van der Waals surface area (Å²) < 4.78 is 40.4. The Bertz CT molecular complexity index is 1070. The van der Waals surface area contributed by atoms with Gasteiger partial charge in [0.05, 0.1) is 19.1 Å². The molecular formula is C20H24N2O4S. The van der Waals surface area contributed by atoms with Crippen LogP contribution in [0.5, 0.6) is 11.5 Å². The van der Waals surface area contributed by atoms with Gasteiger partial charge in [0, 0.05) is 36.3 Å². The minimum Gasteiger partial charge on any atom is -0.493 e. The molecule has 27 heavy (non-hydrogen) atoms. The van der Waals surface area contributed by atoms with Gasteiger partial charge in [0.1, 0.15) is 0 Å². The first-order valence-corrected chi connectivity index (χ1v) is 10.1. The fraction of sp³-hybridized carbons (Fsp3) is 0.300. The highest BCUT2D eigenvalue weighted by Gasteiger charge is 2.18. The van der Waals surface area contributed by atoms with E-state index in [1.807, 2.05) is 19.2 Å². The van der Waals surface area contributed by atoms with Crippen molar-refractivity contribution in [2.75, 3.05) is 20.8 Å². The van der Waals surface area contributed by atoms with Crippen molar-refractivity contribution >= 4 is 20.9 Å². The molecule has 3 rings (SSSR count). The number of hydrogen-bond donors (Lipinski definition) is 1. The lowest BCUT2D eigenvalue weighted by Gasteiger charge is -2.11. The number of para-hydroxylation sites is 1. The fourth-order valence-corrected chi connectivity index (χ4v) is 4.34. The first-order chi connectivity index (χ1) is 12.9. The molecule has 0 spiro atoms. The smallest absolute Gasteiger partial charge is 0.240 e. The van der Waals surface area contributed by atoms with Crippen LogP contribution in [0.25, 0.3) is 10.9 Å². The molecule has 1 aromatic heterocycles. The predicted octanol–water partition coefficient (Wildman–Crippen LogP) is 3.02. The third kappa shape index (κ3) is 3.65. The topological polar surface area (TPSA) is 69.6 Å². The van der Waals surface area contributed by atoms with Gasteiger partial charge >= 0.3 is 0 Å². The van der Waals surface area contributed by atoms with E-state index in [0.29, 0.717) is 24.5 Å². The maximum Gasteiger partial charge on any atom is 0.240 e. The van der Waals surface area contributed by atoms with Gasteiger partial charge in [-0.15, -0.1) is 0 Å². The molecule has 6 nitrogen and oxygen atoms in total. The third-order valence-corrected chi connectivity index (χ3v) is 6.32. The summed E-state index contributed by atoms with van der Waals surface area (Å²) in [5.74, 6) is 0.869. The molecule has 0 saturated carbocycles. The van der Waals surface area contributed by atoms with Gasteiger partial charge in [0.15, 0.2) is 11.5 Å². The maximum absolute atomic E-state index is 12.6. The van der Waals surface area contributed by atoms with E-state index in [0.717, 1.165) is 22.2 Å². The van der Waals surface area contributed by atoms with E-state index in [4.69, 9.17) is 9.47 Å². The molecular weight excluding hydrogens is 364 g/mol. The molecule has 0 aliphatic heterocycles. The number of nitrogens with zero attached hydrogens (tertiary/aromatic N) is 1. The van der Waals surface area contributed by atoms with Crippen molar-refractivity contribution in [1.29, 1.82) is 0 Å². The van der Waals surface area contributed by atoms with Crippen LogP contribution in [0.15, 0.2) is 47.4 Å². The molecule has 2 aromatic carbocycles. The Labute approximate surface area is 159 Å². The van der Waals surface area contributed by atoms with Crippen molar-refractivity contribution in [3.8, 4) is 11.5 Å². The Balaban J connectivity index is 1.78. The largest absolute Gasteiger partial charge is 0.493 e. The van der Waals surface area contributed by atoms with Gasteiger partial charge in [0.2, 0.25) is 10.0 Å². The number of hydrogen-bond acceptors (Lipinski definition) is 4. The highest BCUT2D eigenvalue weighted by Crippen LogP contribution is 2.29. The standard InChI is InChI=1S/C20H24N2O4S/c1-14-16(17-7-5-6-8-18(17)22(14)2)11-12-21-27(23,24)15-9-10-19(25-3)20(13-15)26-4/h5-10,13,21H,11-12H2,1-4H3. The van der Waals surface area contributed by atoms with Crippen LogP contribution in [0, 0.1) is 6.92 Å². The summed E-state index contributed by atoms with van der Waals surface area (Å²) in [5, 5.41) is 1.16. The number of fused-ring (bicyclic) bond motifs is 1. The molecule has 0 atom stereocenters. The van der Waals surface area contributed by atoms with E-state index in [1.165, 1.54) is 26.4 Å². The Morgan fingerprint density at radius 2 is 1.74 bits per heavy atom. The van der Waals surface area contributed by atoms with E-state index < -0.39 is 10.0 Å². The number of methoxy groups -OCH3 is 2. The minimum absolute atomic E-state index is 0.148. The molecule has 0 bridgehead atoms. The predicted molar refractivity (Wildman–Crippen MR) is 106 cm³/mol. The molecule has 0 aliphatic rings. The third-order valence-electron chi connectivity index (χ3n) is 4.86. The SMILES string of the molecule is COc1ccc(S(=O)(=O)NCCc2c(C)n(C)c3ccccc23)cc1OC. The highest BCUT2D eigenvalue weighted by atomic mass is 32.2. The molecule has 144 valence electrons. The Kier molecular flexibility index (Phi) is 5.43. The van der Waals surface area contributed by atoms with E-state index in [9.17, 15) is 8.42 Å². The normalized spacial score (nSPS) is 11.7. The van der Waals surface area contributed by atoms with Gasteiger partial charge in [-0.25, -0.2) is 13.1 Å². The quantitative estimate of drug-likeness (QED) is 0.675. The Morgan fingerprint density at radius 1 is 1.04 bits per heavy atom. The Hall–Kier alpha value is -2.51. The van der Waals surface area contributed by atoms with Crippen LogP contribution in [-0.4, -0.2) is 33.7 Å². The summed E-state index contributed by atoms with van der Waals surface area (Å²) >= 11 is 0. The molecule has 1 N–H and O–H groups in total. The van der Waals surface area contributed by atoms with Crippen molar-refractivity contribution in [2.24, 2.45) is 7.05 Å². The lowest BCUT2D eigenvalue weighted by Crippen LogP contribution is -2.26. The molecule has 0 unspecified atom stereocenters. The van der Waals surface area contributed by atoms with Crippen LogP contribution in [0.3, 0.4) is 0 Å². The van der Waals surface area contributed by atoms with E-state index >= 15 is 0 Å². The first kappa shape index (κ1) is 19.3. The van der Waals surface area contributed by atoms with Crippen molar-refractivity contribution in [1.82, 2.24) is 9.29 Å². The Morgan fingerprint density at radius 3 is 2.44 bits per heavy atom. The van der Waals surface area contributed by atoms with Gasteiger partial charge in [0.25, 0.3) is 0 Å². The number of sulfonamides is 1. The lowest BCUT2D eigenvalue weighted by atomic mass is 10.1. The summed E-state index contributed by atoms with van der Waals surface area (Å²) in [6.07, 6.45) is 0.611. The number of benzene rings is 2. The zero-order chi connectivity index (χ0) is 19.6. The summed E-state index contributed by atoms with van der Waals surface area (Å²) in [6, 6.07) is 12.7. The number of nitrogens with one attached hydrogen (secondary N) is 1. The van der Waals surface area contributed by atoms with Crippen LogP contribution >= 0.6 is 0 Å². The molecule has 0 radical (unpaired) electrons. The maximum atomic E-state index is 12.6. The first-order valence-electron chi connectivity index (χ1n) is 8.63. The van der Waals surface area contributed by atoms with Gasteiger partial charge in [-0.1, -0.05) is 18.2 Å². The van der Waals surface area contributed by atoms with Crippen LogP contribution in [0.4, 0.5) is 0 Å². The zero-order valence-corrected chi connectivity index (χ0v) is 16.8. The van der Waals surface area contributed by atoms with Crippen LogP contribution in [-0.2, 0) is 23.5 Å². The van der Waals surface area contributed by atoms with Gasteiger partial charge in [-0.2, -0.15) is 0 Å². The second kappa shape index (κ2) is 7.62. The van der Waals surface area contributed by atoms with Gasteiger partial charge in [-0.05, 0) is 37.1 Å². The molecule has 0 amide bonds. The van der Waals surface area contributed by atoms with Crippen molar-refractivity contribution in [3.05, 3.63) is 53.7 Å². The van der Waals surface area contributed by atoms with E-state index in [2.05, 4.69) is 28.3 Å². The number of aryl methyl sites for hydroxylation is 1. The molecule has 3 aromatic rings.